The third kappa shape index (κ3) is 2.93. The largest absolute Gasteiger partial charge is 0.376 e. The van der Waals surface area contributed by atoms with Crippen LogP contribution in [0.2, 0.25) is 0 Å². The molecule has 1 aliphatic heterocycles. The van der Waals surface area contributed by atoms with E-state index in [1.165, 1.54) is 0 Å². The van der Waals surface area contributed by atoms with Crippen molar-refractivity contribution in [2.45, 2.75) is 45.4 Å². The summed E-state index contributed by atoms with van der Waals surface area (Å²) in [7, 11) is 0. The van der Waals surface area contributed by atoms with Gasteiger partial charge in [0.05, 0.1) is 12.7 Å². The number of hydrogen-bond donors (Lipinski definition) is 1. The molecule has 78 valence electrons. The third-order valence-electron chi connectivity index (χ3n) is 2.81. The van der Waals surface area contributed by atoms with Crippen molar-refractivity contribution < 1.29 is 4.74 Å². The minimum Gasteiger partial charge on any atom is -0.376 e. The van der Waals surface area contributed by atoms with E-state index in [0.717, 1.165) is 26.1 Å². The Bertz CT molecular complexity index is 152. The lowest BCUT2D eigenvalue weighted by Gasteiger charge is -2.40. The predicted molar refractivity (Wildman–Crippen MR) is 54.7 cm³/mol. The molecule has 0 aromatic carbocycles. The first-order valence-corrected chi connectivity index (χ1v) is 5.22. The first kappa shape index (κ1) is 11.0. The van der Waals surface area contributed by atoms with Crippen LogP contribution < -0.4 is 5.73 Å². The van der Waals surface area contributed by atoms with Gasteiger partial charge >= 0.3 is 0 Å². The van der Waals surface area contributed by atoms with Gasteiger partial charge in [0.2, 0.25) is 0 Å². The van der Waals surface area contributed by atoms with E-state index in [0.29, 0.717) is 18.2 Å². The second-order valence-corrected chi connectivity index (χ2v) is 4.12. The summed E-state index contributed by atoms with van der Waals surface area (Å²) in [6, 6.07) is 1.13. The summed E-state index contributed by atoms with van der Waals surface area (Å²) in [5.74, 6) is 0. The van der Waals surface area contributed by atoms with Gasteiger partial charge in [0, 0.05) is 18.6 Å². The van der Waals surface area contributed by atoms with Gasteiger partial charge in [-0.05, 0) is 33.7 Å². The van der Waals surface area contributed by atoms with Crippen LogP contribution in [0.3, 0.4) is 0 Å². The summed E-state index contributed by atoms with van der Waals surface area (Å²) >= 11 is 0. The smallest absolute Gasteiger partial charge is 0.0674 e. The van der Waals surface area contributed by atoms with Crippen molar-refractivity contribution in [2.24, 2.45) is 5.73 Å². The van der Waals surface area contributed by atoms with Crippen LogP contribution in [-0.2, 0) is 4.74 Å². The van der Waals surface area contributed by atoms with Crippen molar-refractivity contribution in [3.8, 4) is 0 Å². The molecule has 0 amide bonds. The van der Waals surface area contributed by atoms with Gasteiger partial charge in [0.15, 0.2) is 0 Å². The first-order chi connectivity index (χ1) is 6.15. The molecule has 3 unspecified atom stereocenters. The lowest BCUT2D eigenvalue weighted by atomic mass is 10.1. The molecule has 1 aliphatic rings. The number of nitrogens with two attached hydrogens (primary N) is 1. The van der Waals surface area contributed by atoms with E-state index in [9.17, 15) is 0 Å². The number of rotatable bonds is 3. The van der Waals surface area contributed by atoms with Crippen LogP contribution in [0, 0.1) is 0 Å². The molecule has 13 heavy (non-hydrogen) atoms. The van der Waals surface area contributed by atoms with Gasteiger partial charge in [-0.15, -0.1) is 0 Å². The van der Waals surface area contributed by atoms with E-state index >= 15 is 0 Å². The average Bonchev–Trinajstić information content (AvgIpc) is 2.09. The number of hydrogen-bond acceptors (Lipinski definition) is 3. The quantitative estimate of drug-likeness (QED) is 0.709. The molecule has 0 aromatic heterocycles. The molecular formula is C10H22N2O. The Labute approximate surface area is 81.2 Å². The van der Waals surface area contributed by atoms with Crippen LogP contribution >= 0.6 is 0 Å². The van der Waals surface area contributed by atoms with Crippen molar-refractivity contribution in [3.05, 3.63) is 0 Å². The summed E-state index contributed by atoms with van der Waals surface area (Å²) in [5, 5.41) is 0. The number of ether oxygens (including phenoxy) is 1. The highest BCUT2D eigenvalue weighted by Gasteiger charge is 2.26. The van der Waals surface area contributed by atoms with E-state index in [1.54, 1.807) is 0 Å². The second kappa shape index (κ2) is 4.94. The molecule has 0 radical (unpaired) electrons. The molecule has 1 fully saturated rings. The Morgan fingerprint density at radius 2 is 2.23 bits per heavy atom. The van der Waals surface area contributed by atoms with Gasteiger partial charge in [-0.25, -0.2) is 0 Å². The van der Waals surface area contributed by atoms with Gasteiger partial charge in [0.25, 0.3) is 0 Å². The van der Waals surface area contributed by atoms with E-state index in [2.05, 4.69) is 25.7 Å². The number of morpholine rings is 1. The highest BCUT2D eigenvalue weighted by molar-refractivity contribution is 4.79. The molecule has 3 nitrogen and oxygen atoms in total. The maximum Gasteiger partial charge on any atom is 0.0674 e. The Hall–Kier alpha value is -0.120. The third-order valence-corrected chi connectivity index (χ3v) is 2.81. The fraction of sp³-hybridized carbons (Fsp3) is 1.00. The molecule has 3 heteroatoms. The van der Waals surface area contributed by atoms with Crippen molar-refractivity contribution >= 4 is 0 Å². The molecule has 1 rings (SSSR count). The van der Waals surface area contributed by atoms with E-state index in [1.807, 2.05) is 0 Å². The highest BCUT2D eigenvalue weighted by Crippen LogP contribution is 2.15. The van der Waals surface area contributed by atoms with Crippen molar-refractivity contribution in [1.29, 1.82) is 0 Å². The fourth-order valence-electron chi connectivity index (χ4n) is 1.95. The Morgan fingerprint density at radius 3 is 2.85 bits per heavy atom. The standard InChI is InChI=1S/C10H22N2O/c1-8(4-5-11)12-6-10(3)13-7-9(12)2/h8-10H,4-7,11H2,1-3H3. The van der Waals surface area contributed by atoms with Gasteiger partial charge in [-0.2, -0.15) is 0 Å². The molecule has 2 N–H and O–H groups in total. The van der Waals surface area contributed by atoms with Crippen LogP contribution in [-0.4, -0.2) is 42.8 Å². The van der Waals surface area contributed by atoms with Crippen molar-refractivity contribution in [1.82, 2.24) is 4.90 Å². The molecule has 3 atom stereocenters. The molecule has 0 spiro atoms. The molecule has 0 bridgehead atoms. The highest BCUT2D eigenvalue weighted by atomic mass is 16.5. The molecule has 0 aromatic rings. The summed E-state index contributed by atoms with van der Waals surface area (Å²) < 4.78 is 5.58. The summed E-state index contributed by atoms with van der Waals surface area (Å²) in [6.45, 7) is 9.28. The van der Waals surface area contributed by atoms with Crippen molar-refractivity contribution in [2.75, 3.05) is 19.7 Å². The monoisotopic (exact) mass is 186 g/mol. The SMILES string of the molecule is CC1CN(C(C)CCN)C(C)CO1. The maximum atomic E-state index is 5.58. The molecule has 0 saturated carbocycles. The van der Waals surface area contributed by atoms with E-state index < -0.39 is 0 Å². The maximum absolute atomic E-state index is 5.58. The van der Waals surface area contributed by atoms with Crippen LogP contribution in [0.4, 0.5) is 0 Å². The van der Waals surface area contributed by atoms with Crippen LogP contribution in [0.15, 0.2) is 0 Å². The van der Waals surface area contributed by atoms with E-state index in [-0.39, 0.29) is 0 Å². The average molecular weight is 186 g/mol. The Balaban J connectivity index is 2.44. The molecule has 0 aliphatic carbocycles. The predicted octanol–water partition coefficient (Wildman–Crippen LogP) is 0.833. The van der Waals surface area contributed by atoms with Crippen molar-refractivity contribution in [3.63, 3.8) is 0 Å². The fourth-order valence-corrected chi connectivity index (χ4v) is 1.95. The zero-order valence-corrected chi connectivity index (χ0v) is 8.99. The van der Waals surface area contributed by atoms with Gasteiger partial charge < -0.3 is 10.5 Å². The normalized spacial score (nSPS) is 33.2. The van der Waals surface area contributed by atoms with Crippen LogP contribution in [0.5, 0.6) is 0 Å². The minimum atomic E-state index is 0.372. The Morgan fingerprint density at radius 1 is 1.54 bits per heavy atom. The van der Waals surface area contributed by atoms with Crippen LogP contribution in [0.1, 0.15) is 27.2 Å². The molecule has 1 saturated heterocycles. The molecular weight excluding hydrogens is 164 g/mol. The minimum absolute atomic E-state index is 0.372. The Kier molecular flexibility index (Phi) is 4.16. The second-order valence-electron chi connectivity index (χ2n) is 4.12. The summed E-state index contributed by atoms with van der Waals surface area (Å²) in [6.07, 6.45) is 1.45. The lowest BCUT2D eigenvalue weighted by Crippen LogP contribution is -2.51. The first-order valence-electron chi connectivity index (χ1n) is 5.22. The van der Waals surface area contributed by atoms with Crippen LogP contribution in [0.25, 0.3) is 0 Å². The zero-order valence-electron chi connectivity index (χ0n) is 8.99. The van der Waals surface area contributed by atoms with E-state index in [4.69, 9.17) is 10.5 Å². The summed E-state index contributed by atoms with van der Waals surface area (Å²) in [5.41, 5.74) is 5.56. The molecule has 1 heterocycles. The van der Waals surface area contributed by atoms with Gasteiger partial charge in [0.1, 0.15) is 0 Å². The van der Waals surface area contributed by atoms with Gasteiger partial charge in [-0.3, -0.25) is 4.90 Å². The summed E-state index contributed by atoms with van der Waals surface area (Å²) in [4.78, 5) is 2.50. The lowest BCUT2D eigenvalue weighted by molar-refractivity contribution is -0.0640. The number of nitrogens with zero attached hydrogens (tertiary/aromatic N) is 1. The topological polar surface area (TPSA) is 38.5 Å². The van der Waals surface area contributed by atoms with Gasteiger partial charge in [-0.1, -0.05) is 0 Å². The zero-order chi connectivity index (χ0) is 9.84.